The van der Waals surface area contributed by atoms with Crippen molar-refractivity contribution in [3.63, 3.8) is 0 Å². The molecule has 2 aromatic rings. The van der Waals surface area contributed by atoms with Gasteiger partial charge in [0.1, 0.15) is 0 Å². The first-order chi connectivity index (χ1) is 15.6. The molecule has 1 aromatic heterocycles. The van der Waals surface area contributed by atoms with Gasteiger partial charge in [0.15, 0.2) is 0 Å². The van der Waals surface area contributed by atoms with Crippen LogP contribution in [-0.4, -0.2) is 70.7 Å². The van der Waals surface area contributed by atoms with Crippen LogP contribution in [0.4, 0.5) is 13.2 Å². The summed E-state index contributed by atoms with van der Waals surface area (Å²) in [5, 5.41) is 7.25. The molecule has 1 aliphatic rings. The normalized spacial score (nSPS) is 15.0. The van der Waals surface area contributed by atoms with Crippen molar-refractivity contribution in [1.29, 1.82) is 0 Å². The topological polar surface area (TPSA) is 70.5 Å². The highest BCUT2D eigenvalue weighted by Gasteiger charge is 2.31. The summed E-state index contributed by atoms with van der Waals surface area (Å²) in [6.45, 7) is 8.78. The maximum atomic E-state index is 13.1. The molecule has 33 heavy (non-hydrogen) atoms. The molecule has 0 bridgehead atoms. The predicted molar refractivity (Wildman–Crippen MR) is 118 cm³/mol. The summed E-state index contributed by atoms with van der Waals surface area (Å²) in [5.74, 6) is -0.0650. The third kappa shape index (κ3) is 6.13. The van der Waals surface area contributed by atoms with E-state index in [0.717, 1.165) is 24.1 Å². The van der Waals surface area contributed by atoms with Crippen LogP contribution >= 0.6 is 0 Å². The van der Waals surface area contributed by atoms with E-state index in [9.17, 15) is 22.8 Å². The van der Waals surface area contributed by atoms with E-state index in [1.165, 1.54) is 10.7 Å². The Morgan fingerprint density at radius 1 is 1.12 bits per heavy atom. The highest BCUT2D eigenvalue weighted by atomic mass is 19.4. The SMILES string of the molecule is CCCNC(=O)CN1CCN(C(=O)Cc2c(C)nn(-c3cccc(C(F)(F)F)c3)c2C)CC1. The lowest BCUT2D eigenvalue weighted by molar-refractivity contribution is -0.137. The highest BCUT2D eigenvalue weighted by Crippen LogP contribution is 2.31. The summed E-state index contributed by atoms with van der Waals surface area (Å²) >= 11 is 0. The zero-order chi connectivity index (χ0) is 24.2. The van der Waals surface area contributed by atoms with Crippen LogP contribution in [0.15, 0.2) is 24.3 Å². The lowest BCUT2D eigenvalue weighted by atomic mass is 10.1. The van der Waals surface area contributed by atoms with Crippen LogP contribution in [0.3, 0.4) is 0 Å². The average molecular weight is 466 g/mol. The lowest BCUT2D eigenvalue weighted by Gasteiger charge is -2.34. The van der Waals surface area contributed by atoms with Gasteiger partial charge in [-0.05, 0) is 38.5 Å². The van der Waals surface area contributed by atoms with E-state index in [4.69, 9.17) is 0 Å². The number of aryl methyl sites for hydroxylation is 1. The number of alkyl halides is 3. The number of hydrogen-bond acceptors (Lipinski definition) is 4. The van der Waals surface area contributed by atoms with Crippen molar-refractivity contribution in [2.24, 2.45) is 0 Å². The number of rotatable bonds is 7. The van der Waals surface area contributed by atoms with Crippen molar-refractivity contribution in [3.05, 3.63) is 46.8 Å². The van der Waals surface area contributed by atoms with Crippen LogP contribution < -0.4 is 5.32 Å². The first kappa shape index (κ1) is 24.8. The van der Waals surface area contributed by atoms with Crippen molar-refractivity contribution in [3.8, 4) is 5.69 Å². The van der Waals surface area contributed by atoms with Gasteiger partial charge in [0, 0.05) is 44.0 Å². The summed E-state index contributed by atoms with van der Waals surface area (Å²) in [6, 6.07) is 4.99. The predicted octanol–water partition coefficient (Wildman–Crippen LogP) is 2.72. The fraction of sp³-hybridized carbons (Fsp3) is 0.522. The number of piperazine rings is 1. The fourth-order valence-corrected chi connectivity index (χ4v) is 3.94. The van der Waals surface area contributed by atoms with Crippen LogP contribution in [0, 0.1) is 13.8 Å². The van der Waals surface area contributed by atoms with Gasteiger partial charge >= 0.3 is 6.18 Å². The molecule has 1 fully saturated rings. The molecular weight excluding hydrogens is 435 g/mol. The van der Waals surface area contributed by atoms with Gasteiger partial charge in [-0.25, -0.2) is 4.68 Å². The van der Waals surface area contributed by atoms with Crippen molar-refractivity contribution >= 4 is 11.8 Å². The number of benzene rings is 1. The summed E-state index contributed by atoms with van der Waals surface area (Å²) in [4.78, 5) is 28.6. The number of aromatic nitrogens is 2. The number of amides is 2. The molecule has 0 radical (unpaired) electrons. The molecule has 10 heteroatoms. The average Bonchev–Trinajstić information content (AvgIpc) is 3.06. The van der Waals surface area contributed by atoms with E-state index in [1.807, 2.05) is 11.8 Å². The third-order valence-corrected chi connectivity index (χ3v) is 5.85. The second-order valence-electron chi connectivity index (χ2n) is 8.29. The molecule has 2 heterocycles. The van der Waals surface area contributed by atoms with Crippen molar-refractivity contribution < 1.29 is 22.8 Å². The zero-order valence-corrected chi connectivity index (χ0v) is 19.2. The summed E-state index contributed by atoms with van der Waals surface area (Å²) in [5.41, 5.74) is 1.54. The minimum atomic E-state index is -4.44. The van der Waals surface area contributed by atoms with Gasteiger partial charge in [-0.15, -0.1) is 0 Å². The molecule has 0 spiro atoms. The molecule has 3 rings (SSSR count). The fourth-order valence-electron chi connectivity index (χ4n) is 3.94. The molecule has 2 amide bonds. The maximum Gasteiger partial charge on any atom is 0.416 e. The van der Waals surface area contributed by atoms with Gasteiger partial charge < -0.3 is 10.2 Å². The Hall–Kier alpha value is -2.88. The van der Waals surface area contributed by atoms with E-state index in [2.05, 4.69) is 10.4 Å². The molecular formula is C23H30F3N5O2. The van der Waals surface area contributed by atoms with Gasteiger partial charge in [-0.1, -0.05) is 13.0 Å². The van der Waals surface area contributed by atoms with E-state index in [0.29, 0.717) is 56.3 Å². The molecule has 0 atom stereocenters. The number of halogens is 3. The molecule has 7 nitrogen and oxygen atoms in total. The van der Waals surface area contributed by atoms with Crippen molar-refractivity contribution in [2.75, 3.05) is 39.3 Å². The Kier molecular flexibility index (Phi) is 7.78. The largest absolute Gasteiger partial charge is 0.416 e. The number of hydrogen-bond donors (Lipinski definition) is 1. The molecule has 1 saturated heterocycles. The summed E-state index contributed by atoms with van der Waals surface area (Å²) in [7, 11) is 0. The monoisotopic (exact) mass is 465 g/mol. The van der Waals surface area contributed by atoms with Crippen LogP contribution in [0.25, 0.3) is 5.69 Å². The first-order valence-corrected chi connectivity index (χ1v) is 11.1. The lowest BCUT2D eigenvalue weighted by Crippen LogP contribution is -2.51. The minimum Gasteiger partial charge on any atom is -0.355 e. The van der Waals surface area contributed by atoms with E-state index in [1.54, 1.807) is 24.8 Å². The van der Waals surface area contributed by atoms with Crippen LogP contribution in [0.2, 0.25) is 0 Å². The molecule has 0 aliphatic carbocycles. The summed E-state index contributed by atoms with van der Waals surface area (Å²) < 4.78 is 40.7. The number of carbonyl (C=O) groups is 2. The van der Waals surface area contributed by atoms with Gasteiger partial charge in [0.2, 0.25) is 11.8 Å². The van der Waals surface area contributed by atoms with Gasteiger partial charge in [0.05, 0.1) is 29.9 Å². The van der Waals surface area contributed by atoms with Gasteiger partial charge in [-0.3, -0.25) is 14.5 Å². The van der Waals surface area contributed by atoms with E-state index in [-0.39, 0.29) is 18.2 Å². The van der Waals surface area contributed by atoms with Crippen LogP contribution in [-0.2, 0) is 22.2 Å². The van der Waals surface area contributed by atoms with Gasteiger partial charge in [0.25, 0.3) is 0 Å². The quantitative estimate of drug-likeness (QED) is 0.683. The molecule has 0 unspecified atom stereocenters. The molecule has 1 N–H and O–H groups in total. The minimum absolute atomic E-state index is 0.00937. The highest BCUT2D eigenvalue weighted by molar-refractivity contribution is 5.80. The number of nitrogens with zero attached hydrogens (tertiary/aromatic N) is 4. The Bertz CT molecular complexity index is 994. The Balaban J connectivity index is 1.64. The summed E-state index contributed by atoms with van der Waals surface area (Å²) in [6.07, 6.45) is -3.42. The smallest absolute Gasteiger partial charge is 0.355 e. The zero-order valence-electron chi connectivity index (χ0n) is 19.2. The second-order valence-corrected chi connectivity index (χ2v) is 8.29. The van der Waals surface area contributed by atoms with Crippen LogP contribution in [0.5, 0.6) is 0 Å². The van der Waals surface area contributed by atoms with E-state index >= 15 is 0 Å². The maximum absolute atomic E-state index is 13.1. The van der Waals surface area contributed by atoms with Crippen molar-refractivity contribution in [1.82, 2.24) is 24.9 Å². The van der Waals surface area contributed by atoms with Crippen molar-refractivity contribution in [2.45, 2.75) is 39.8 Å². The Morgan fingerprint density at radius 2 is 1.82 bits per heavy atom. The molecule has 180 valence electrons. The standard InChI is InChI=1S/C23H30F3N5O2/c1-4-8-27-21(32)15-29-9-11-30(12-10-29)22(33)14-20-16(2)28-31(17(20)3)19-7-5-6-18(13-19)23(24,25)26/h5-7,13H,4,8-12,14-15H2,1-3H3,(H,27,32). The Labute approximate surface area is 191 Å². The third-order valence-electron chi connectivity index (χ3n) is 5.85. The second kappa shape index (κ2) is 10.4. The Morgan fingerprint density at radius 3 is 2.45 bits per heavy atom. The molecule has 0 saturated carbocycles. The molecule has 1 aromatic carbocycles. The number of nitrogens with one attached hydrogen (secondary N) is 1. The first-order valence-electron chi connectivity index (χ1n) is 11.1. The van der Waals surface area contributed by atoms with Crippen LogP contribution in [0.1, 0.15) is 35.9 Å². The van der Waals surface area contributed by atoms with E-state index < -0.39 is 11.7 Å². The number of carbonyl (C=O) groups excluding carboxylic acids is 2. The van der Waals surface area contributed by atoms with Gasteiger partial charge in [-0.2, -0.15) is 18.3 Å². The molecule has 1 aliphatic heterocycles.